The highest BCUT2D eigenvalue weighted by Crippen LogP contribution is 2.32. The van der Waals surface area contributed by atoms with Crippen LogP contribution in [-0.4, -0.2) is 52.7 Å². The summed E-state index contributed by atoms with van der Waals surface area (Å²) in [6.07, 6.45) is 1.52. The molecule has 0 radical (unpaired) electrons. The van der Waals surface area contributed by atoms with Gasteiger partial charge in [-0.15, -0.1) is 0 Å². The van der Waals surface area contributed by atoms with E-state index in [1.54, 1.807) is 37.0 Å². The van der Waals surface area contributed by atoms with Crippen LogP contribution >= 0.6 is 11.6 Å². The van der Waals surface area contributed by atoms with Crippen LogP contribution in [0.25, 0.3) is 22.2 Å². The summed E-state index contributed by atoms with van der Waals surface area (Å²) in [6.45, 7) is 2.48. The molecule has 1 aromatic carbocycles. The van der Waals surface area contributed by atoms with E-state index in [0.29, 0.717) is 33.7 Å². The van der Waals surface area contributed by atoms with Crippen molar-refractivity contribution >= 4 is 34.4 Å². The molecule has 7 nitrogen and oxygen atoms in total. The Bertz CT molecular complexity index is 1030. The average molecular weight is 387 g/mol. The number of halogens is 1. The van der Waals surface area contributed by atoms with Gasteiger partial charge in [0.1, 0.15) is 0 Å². The molecular formula is C19H19ClN4O3. The Morgan fingerprint density at radius 3 is 2.56 bits per heavy atom. The van der Waals surface area contributed by atoms with Crippen molar-refractivity contribution in [3.63, 3.8) is 0 Å². The first-order valence-corrected chi connectivity index (χ1v) is 8.71. The number of aryl methyl sites for hydroxylation is 1. The average Bonchev–Trinajstić information content (AvgIpc) is 3.06. The minimum atomic E-state index is -0.527. The van der Waals surface area contributed by atoms with Gasteiger partial charge >= 0.3 is 5.97 Å². The second-order valence-electron chi connectivity index (χ2n) is 6.14. The van der Waals surface area contributed by atoms with Crippen LogP contribution in [0.1, 0.15) is 27.8 Å². The molecule has 0 saturated heterocycles. The van der Waals surface area contributed by atoms with E-state index in [0.717, 1.165) is 5.56 Å². The summed E-state index contributed by atoms with van der Waals surface area (Å²) in [7, 11) is 4.68. The van der Waals surface area contributed by atoms with E-state index >= 15 is 0 Å². The maximum atomic E-state index is 12.1. The zero-order valence-electron chi connectivity index (χ0n) is 15.5. The van der Waals surface area contributed by atoms with Crippen molar-refractivity contribution in [3.8, 4) is 11.3 Å². The lowest BCUT2D eigenvalue weighted by Crippen LogP contribution is -2.21. The first-order valence-electron chi connectivity index (χ1n) is 8.33. The number of fused-ring (bicyclic) bond motifs is 1. The molecule has 0 aliphatic rings. The Hall–Kier alpha value is -2.93. The largest absolute Gasteiger partial charge is 0.464 e. The third-order valence-electron chi connectivity index (χ3n) is 4.19. The van der Waals surface area contributed by atoms with Crippen molar-refractivity contribution in [2.45, 2.75) is 13.5 Å². The van der Waals surface area contributed by atoms with Gasteiger partial charge in [0.15, 0.2) is 5.69 Å². The highest BCUT2D eigenvalue weighted by molar-refractivity contribution is 6.36. The third-order valence-corrected chi connectivity index (χ3v) is 4.48. The maximum Gasteiger partial charge on any atom is 0.359 e. The van der Waals surface area contributed by atoms with Gasteiger partial charge in [0, 0.05) is 37.8 Å². The number of benzene rings is 1. The maximum absolute atomic E-state index is 12.1. The lowest BCUT2D eigenvalue weighted by molar-refractivity contribution is 0.0595. The van der Waals surface area contributed by atoms with E-state index in [9.17, 15) is 9.59 Å². The van der Waals surface area contributed by atoms with Crippen LogP contribution < -0.4 is 0 Å². The predicted molar refractivity (Wildman–Crippen MR) is 103 cm³/mol. The Balaban J connectivity index is 2.13. The molecule has 0 unspecified atom stereocenters. The highest BCUT2D eigenvalue weighted by atomic mass is 35.5. The van der Waals surface area contributed by atoms with Crippen LogP contribution in [0.2, 0.25) is 5.02 Å². The van der Waals surface area contributed by atoms with Gasteiger partial charge < -0.3 is 9.64 Å². The lowest BCUT2D eigenvalue weighted by Gasteiger charge is -2.10. The van der Waals surface area contributed by atoms with Crippen LogP contribution in [0, 0.1) is 0 Å². The number of pyridine rings is 1. The first-order chi connectivity index (χ1) is 12.9. The van der Waals surface area contributed by atoms with Crippen molar-refractivity contribution in [3.05, 3.63) is 46.7 Å². The molecular weight excluding hydrogens is 368 g/mol. The molecule has 2 heterocycles. The second kappa shape index (κ2) is 7.36. The van der Waals surface area contributed by atoms with Crippen LogP contribution in [0.4, 0.5) is 0 Å². The summed E-state index contributed by atoms with van der Waals surface area (Å²) < 4.78 is 6.50. The Morgan fingerprint density at radius 2 is 2.00 bits per heavy atom. The SMILES string of the molecule is CCn1nc(C(=O)OC)c2cc(-c3ccc(C(=O)N(C)C)cn3)cc(Cl)c21. The van der Waals surface area contributed by atoms with Crippen molar-refractivity contribution in [2.75, 3.05) is 21.2 Å². The number of hydrogen-bond donors (Lipinski definition) is 0. The molecule has 0 N–H and O–H groups in total. The highest BCUT2D eigenvalue weighted by Gasteiger charge is 2.21. The van der Waals surface area contributed by atoms with Crippen molar-refractivity contribution < 1.29 is 14.3 Å². The zero-order chi connectivity index (χ0) is 19.7. The van der Waals surface area contributed by atoms with Gasteiger partial charge in [0.05, 0.1) is 28.9 Å². The smallest absolute Gasteiger partial charge is 0.359 e. The van der Waals surface area contributed by atoms with Crippen LogP contribution in [0.15, 0.2) is 30.5 Å². The third kappa shape index (κ3) is 3.38. The number of nitrogens with zero attached hydrogens (tertiary/aromatic N) is 4. The van der Waals surface area contributed by atoms with E-state index in [1.165, 1.54) is 18.2 Å². The number of carbonyl (C=O) groups is 2. The van der Waals surface area contributed by atoms with E-state index in [4.69, 9.17) is 16.3 Å². The minimum absolute atomic E-state index is 0.125. The van der Waals surface area contributed by atoms with Gasteiger partial charge in [-0.25, -0.2) is 4.79 Å². The summed E-state index contributed by atoms with van der Waals surface area (Å²) in [5.41, 5.74) is 2.72. The summed E-state index contributed by atoms with van der Waals surface area (Å²) >= 11 is 6.48. The number of amides is 1. The molecule has 3 aromatic rings. The molecule has 0 saturated carbocycles. The number of esters is 1. The number of hydrogen-bond acceptors (Lipinski definition) is 5. The van der Waals surface area contributed by atoms with Crippen molar-refractivity contribution in [1.82, 2.24) is 19.7 Å². The molecule has 8 heteroatoms. The van der Waals surface area contributed by atoms with Gasteiger partial charge in [-0.3, -0.25) is 14.5 Å². The Labute approximate surface area is 161 Å². The number of carbonyl (C=O) groups excluding carboxylic acids is 2. The summed E-state index contributed by atoms with van der Waals surface area (Å²) in [5, 5.41) is 5.38. The summed E-state index contributed by atoms with van der Waals surface area (Å²) in [6, 6.07) is 7.03. The topological polar surface area (TPSA) is 77.3 Å². The van der Waals surface area contributed by atoms with Gasteiger partial charge in [0.25, 0.3) is 5.91 Å². The Kier molecular flexibility index (Phi) is 5.14. The summed E-state index contributed by atoms with van der Waals surface area (Å²) in [5.74, 6) is -0.653. The van der Waals surface area contributed by atoms with Crippen LogP contribution in [0.5, 0.6) is 0 Å². The zero-order valence-corrected chi connectivity index (χ0v) is 16.2. The molecule has 0 atom stereocenters. The van der Waals surface area contributed by atoms with Gasteiger partial charge in [-0.2, -0.15) is 5.10 Å². The van der Waals surface area contributed by atoms with E-state index in [2.05, 4.69) is 10.1 Å². The molecule has 0 aliphatic carbocycles. The molecule has 2 aromatic heterocycles. The van der Waals surface area contributed by atoms with Gasteiger partial charge in [-0.05, 0) is 31.2 Å². The monoisotopic (exact) mass is 386 g/mol. The number of ether oxygens (including phenoxy) is 1. The van der Waals surface area contributed by atoms with Gasteiger partial charge in [-0.1, -0.05) is 11.6 Å². The normalized spacial score (nSPS) is 10.9. The van der Waals surface area contributed by atoms with Crippen molar-refractivity contribution in [2.24, 2.45) is 0 Å². The molecule has 3 rings (SSSR count). The molecule has 0 fully saturated rings. The number of aromatic nitrogens is 3. The fourth-order valence-electron chi connectivity index (χ4n) is 2.84. The molecule has 0 spiro atoms. The number of rotatable bonds is 4. The summed E-state index contributed by atoms with van der Waals surface area (Å²) in [4.78, 5) is 30.0. The second-order valence-corrected chi connectivity index (χ2v) is 6.55. The number of methoxy groups -OCH3 is 1. The minimum Gasteiger partial charge on any atom is -0.464 e. The lowest BCUT2D eigenvalue weighted by atomic mass is 10.1. The first kappa shape index (κ1) is 18.8. The van der Waals surface area contributed by atoms with E-state index in [-0.39, 0.29) is 11.6 Å². The molecule has 140 valence electrons. The molecule has 0 bridgehead atoms. The van der Waals surface area contributed by atoms with Crippen molar-refractivity contribution in [1.29, 1.82) is 0 Å². The van der Waals surface area contributed by atoms with E-state index in [1.807, 2.05) is 13.0 Å². The van der Waals surface area contributed by atoms with E-state index < -0.39 is 5.97 Å². The standard InChI is InChI=1S/C19H19ClN4O3/c1-5-24-17-13(16(22-24)19(26)27-4)8-12(9-14(17)20)15-7-6-11(10-21-15)18(25)23(2)3/h6-10H,5H2,1-4H3. The van der Waals surface area contributed by atoms with Crippen LogP contribution in [0.3, 0.4) is 0 Å². The fraction of sp³-hybridized carbons (Fsp3) is 0.263. The quantitative estimate of drug-likeness (QED) is 0.643. The molecule has 0 aliphatic heterocycles. The molecule has 27 heavy (non-hydrogen) atoms. The van der Waals surface area contributed by atoms with Gasteiger partial charge in [0.2, 0.25) is 0 Å². The predicted octanol–water partition coefficient (Wildman–Crippen LogP) is 3.26. The Morgan fingerprint density at radius 1 is 1.26 bits per heavy atom. The fourth-order valence-corrected chi connectivity index (χ4v) is 3.16. The molecule has 1 amide bonds. The van der Waals surface area contributed by atoms with Crippen LogP contribution in [-0.2, 0) is 11.3 Å².